The summed E-state index contributed by atoms with van der Waals surface area (Å²) in [6, 6.07) is 2.40. The zero-order valence-corrected chi connectivity index (χ0v) is 24.1. The third-order valence-electron chi connectivity index (χ3n) is 7.02. The van der Waals surface area contributed by atoms with Gasteiger partial charge in [-0.25, -0.2) is 13.2 Å². The Hall–Kier alpha value is -0.990. The lowest BCUT2D eigenvalue weighted by Gasteiger charge is -2.38. The van der Waals surface area contributed by atoms with Crippen LogP contribution in [-0.4, -0.2) is 0 Å². The summed E-state index contributed by atoms with van der Waals surface area (Å²) >= 11 is 0. The molecular weight excluding hydrogens is 429 g/mol. The largest absolute Gasteiger partial charge is 0.204 e. The number of hydrogen-bond acceptors (Lipinski definition) is 0. The van der Waals surface area contributed by atoms with Crippen LogP contribution in [0.4, 0.5) is 13.2 Å². The van der Waals surface area contributed by atoms with Crippen molar-refractivity contribution in [1.29, 1.82) is 0 Å². The van der Waals surface area contributed by atoms with Crippen molar-refractivity contribution >= 4 is 0 Å². The van der Waals surface area contributed by atoms with E-state index in [4.69, 9.17) is 0 Å². The van der Waals surface area contributed by atoms with Crippen molar-refractivity contribution in [2.24, 2.45) is 17.8 Å². The molecule has 3 rings (SSSR count). The third-order valence-corrected chi connectivity index (χ3v) is 7.02. The van der Waals surface area contributed by atoms with E-state index < -0.39 is 17.5 Å². The highest BCUT2D eigenvalue weighted by Gasteiger charge is 2.31. The molecule has 2 fully saturated rings. The first-order valence-corrected chi connectivity index (χ1v) is 14.7. The lowest BCUT2D eigenvalue weighted by Crippen LogP contribution is -2.25. The molecule has 0 atom stereocenters. The van der Waals surface area contributed by atoms with Crippen LogP contribution in [0, 0.1) is 35.2 Å². The second-order valence-corrected chi connectivity index (χ2v) is 8.69. The van der Waals surface area contributed by atoms with E-state index in [2.05, 4.69) is 6.92 Å². The van der Waals surface area contributed by atoms with E-state index in [-0.39, 0.29) is 5.92 Å². The highest BCUT2D eigenvalue weighted by Crippen LogP contribution is 2.44. The maximum atomic E-state index is 13.5. The minimum Gasteiger partial charge on any atom is -0.204 e. The van der Waals surface area contributed by atoms with E-state index in [9.17, 15) is 13.2 Å². The van der Waals surface area contributed by atoms with Gasteiger partial charge in [-0.1, -0.05) is 101 Å². The van der Waals surface area contributed by atoms with Gasteiger partial charge in [0.05, 0.1) is 0 Å². The van der Waals surface area contributed by atoms with E-state index >= 15 is 0 Å². The fraction of sp³-hybridized carbons (Fsp3) is 0.806. The molecule has 2 aliphatic carbocycles. The number of rotatable bonds is 6. The summed E-state index contributed by atoms with van der Waals surface area (Å²) in [4.78, 5) is 0. The second-order valence-electron chi connectivity index (χ2n) is 8.69. The summed E-state index contributed by atoms with van der Waals surface area (Å²) in [5, 5.41) is 0. The van der Waals surface area contributed by atoms with E-state index in [1.54, 1.807) is 0 Å². The van der Waals surface area contributed by atoms with Gasteiger partial charge in [0.25, 0.3) is 0 Å². The summed E-state index contributed by atoms with van der Waals surface area (Å²) in [6.45, 7) is 18.3. The van der Waals surface area contributed by atoms with Crippen LogP contribution in [-0.2, 0) is 0 Å². The molecular formula is C31H57F3. The van der Waals surface area contributed by atoms with Gasteiger partial charge in [0.1, 0.15) is 0 Å². The quantitative estimate of drug-likeness (QED) is 0.277. The molecule has 202 valence electrons. The van der Waals surface area contributed by atoms with Crippen LogP contribution in [0.25, 0.3) is 0 Å². The van der Waals surface area contributed by atoms with Crippen molar-refractivity contribution in [3.8, 4) is 0 Å². The van der Waals surface area contributed by atoms with Gasteiger partial charge in [0, 0.05) is 0 Å². The predicted molar refractivity (Wildman–Crippen MR) is 146 cm³/mol. The van der Waals surface area contributed by atoms with Gasteiger partial charge in [0.15, 0.2) is 17.5 Å². The number of unbranched alkanes of at least 4 members (excludes halogenated alkanes) is 2. The molecule has 0 radical (unpaired) electrons. The van der Waals surface area contributed by atoms with Crippen molar-refractivity contribution in [1.82, 2.24) is 0 Å². The Morgan fingerprint density at radius 1 is 0.618 bits per heavy atom. The highest BCUT2D eigenvalue weighted by atomic mass is 19.2. The summed E-state index contributed by atoms with van der Waals surface area (Å²) in [6.07, 6.45) is 15.2. The molecule has 0 heterocycles. The molecule has 1 aromatic rings. The fourth-order valence-corrected chi connectivity index (χ4v) is 5.37. The average Bonchev–Trinajstić information content (AvgIpc) is 2.92. The Kier molecular flexibility index (Phi) is 23.2. The van der Waals surface area contributed by atoms with Gasteiger partial charge in [-0.3, -0.25) is 0 Å². The zero-order chi connectivity index (χ0) is 26.5. The first kappa shape index (κ1) is 35.2. The Balaban J connectivity index is 0. The highest BCUT2D eigenvalue weighted by molar-refractivity contribution is 5.23. The van der Waals surface area contributed by atoms with Gasteiger partial charge < -0.3 is 0 Å². The van der Waals surface area contributed by atoms with Crippen LogP contribution in [0.2, 0.25) is 0 Å². The number of benzene rings is 1. The lowest BCUT2D eigenvalue weighted by atomic mass is 9.68. The molecule has 0 N–H and O–H groups in total. The van der Waals surface area contributed by atoms with Crippen LogP contribution < -0.4 is 0 Å². The molecule has 0 nitrogen and oxygen atoms in total. The van der Waals surface area contributed by atoms with E-state index in [1.165, 1.54) is 63.5 Å². The molecule has 2 aliphatic rings. The Morgan fingerprint density at radius 2 is 1.03 bits per heavy atom. The van der Waals surface area contributed by atoms with Gasteiger partial charge in [-0.05, 0) is 79.9 Å². The Morgan fingerprint density at radius 3 is 1.44 bits per heavy atom. The predicted octanol–water partition coefficient (Wildman–Crippen LogP) is 11.9. The minimum atomic E-state index is -1.35. The summed E-state index contributed by atoms with van der Waals surface area (Å²) < 4.78 is 40.2. The molecule has 0 saturated heterocycles. The van der Waals surface area contributed by atoms with Crippen LogP contribution in [0.15, 0.2) is 12.1 Å². The Labute approximate surface area is 211 Å². The van der Waals surface area contributed by atoms with E-state index in [0.717, 1.165) is 43.4 Å². The number of hydrogen-bond donors (Lipinski definition) is 0. The SMILES string of the molecule is CC.CC.CC.CC.CCCCCC1CCC(C2CCC(c3cc(F)c(F)c(F)c3)CC2)CC1. The summed E-state index contributed by atoms with van der Waals surface area (Å²) in [5.74, 6) is -0.705. The summed E-state index contributed by atoms with van der Waals surface area (Å²) in [5.41, 5.74) is 0.638. The molecule has 3 heteroatoms. The van der Waals surface area contributed by atoms with E-state index in [1.807, 2.05) is 55.4 Å². The Bertz CT molecular complexity index is 545. The molecule has 34 heavy (non-hydrogen) atoms. The maximum absolute atomic E-state index is 13.5. The first-order chi connectivity index (χ1) is 16.6. The standard InChI is InChI=1S/C23H33F3.4C2H6/c1-2-3-4-5-16-6-8-17(9-7-16)18-10-12-19(13-11-18)20-14-21(24)23(26)22(25)15-20;4*1-2/h14-19H,2-13H2,1H3;4*1-2H3. The minimum absolute atomic E-state index is 0.182. The van der Waals surface area contributed by atoms with Crippen molar-refractivity contribution in [3.05, 3.63) is 35.1 Å². The van der Waals surface area contributed by atoms with Crippen molar-refractivity contribution in [2.75, 3.05) is 0 Å². The summed E-state index contributed by atoms with van der Waals surface area (Å²) in [7, 11) is 0. The van der Waals surface area contributed by atoms with Gasteiger partial charge in [-0.2, -0.15) is 0 Å². The van der Waals surface area contributed by atoms with Crippen LogP contribution in [0.5, 0.6) is 0 Å². The molecule has 0 bridgehead atoms. The molecule has 2 saturated carbocycles. The molecule has 0 amide bonds. The van der Waals surface area contributed by atoms with E-state index in [0.29, 0.717) is 5.56 Å². The van der Waals surface area contributed by atoms with Crippen LogP contribution >= 0.6 is 0 Å². The smallest absolute Gasteiger partial charge is 0.194 e. The topological polar surface area (TPSA) is 0 Å². The maximum Gasteiger partial charge on any atom is 0.194 e. The van der Waals surface area contributed by atoms with Crippen molar-refractivity contribution < 1.29 is 13.2 Å². The second kappa shape index (κ2) is 22.5. The zero-order valence-electron chi connectivity index (χ0n) is 24.1. The molecule has 0 aromatic heterocycles. The van der Waals surface area contributed by atoms with Gasteiger partial charge >= 0.3 is 0 Å². The number of halogens is 3. The lowest BCUT2D eigenvalue weighted by molar-refractivity contribution is 0.155. The monoisotopic (exact) mass is 486 g/mol. The first-order valence-electron chi connectivity index (χ1n) is 14.7. The fourth-order valence-electron chi connectivity index (χ4n) is 5.37. The third kappa shape index (κ3) is 12.1. The molecule has 0 unspecified atom stereocenters. The normalized spacial score (nSPS) is 23.4. The van der Waals surface area contributed by atoms with Crippen LogP contribution in [0.1, 0.15) is 151 Å². The van der Waals surface area contributed by atoms with Gasteiger partial charge in [-0.15, -0.1) is 0 Å². The van der Waals surface area contributed by atoms with Crippen molar-refractivity contribution in [3.63, 3.8) is 0 Å². The molecule has 1 aromatic carbocycles. The van der Waals surface area contributed by atoms with Gasteiger partial charge in [0.2, 0.25) is 0 Å². The van der Waals surface area contributed by atoms with Crippen molar-refractivity contribution in [2.45, 2.75) is 145 Å². The van der Waals surface area contributed by atoms with Crippen LogP contribution in [0.3, 0.4) is 0 Å². The molecule has 0 aliphatic heterocycles. The average molecular weight is 487 g/mol. The molecule has 0 spiro atoms.